The summed E-state index contributed by atoms with van der Waals surface area (Å²) in [5.41, 5.74) is 1.40. The maximum atomic E-state index is 4.39. The predicted molar refractivity (Wildman–Crippen MR) is 113 cm³/mol. The molecule has 1 saturated heterocycles. The van der Waals surface area contributed by atoms with Crippen molar-refractivity contribution in [2.75, 3.05) is 26.7 Å². The number of guanidine groups is 1. The third kappa shape index (κ3) is 5.32. The van der Waals surface area contributed by atoms with E-state index in [0.29, 0.717) is 12.1 Å². The van der Waals surface area contributed by atoms with E-state index in [9.17, 15) is 0 Å². The summed E-state index contributed by atoms with van der Waals surface area (Å²) in [6.07, 6.45) is 4.94. The number of hydrogen-bond donors (Lipinski definition) is 2. The molecule has 2 heterocycles. The van der Waals surface area contributed by atoms with E-state index >= 15 is 0 Å². The van der Waals surface area contributed by atoms with Crippen molar-refractivity contribution in [3.8, 4) is 0 Å². The number of nitrogens with zero attached hydrogens (tertiary/aromatic N) is 5. The first kappa shape index (κ1) is 20.3. The molecule has 0 amide bonds. The summed E-state index contributed by atoms with van der Waals surface area (Å²) in [6, 6.07) is 11.7. The van der Waals surface area contributed by atoms with Gasteiger partial charge in [-0.2, -0.15) is 0 Å². The van der Waals surface area contributed by atoms with E-state index < -0.39 is 0 Å². The van der Waals surface area contributed by atoms with Gasteiger partial charge in [0.2, 0.25) is 0 Å². The average molecular weight is 384 g/mol. The van der Waals surface area contributed by atoms with Crippen LogP contribution in [-0.4, -0.2) is 58.3 Å². The Balaban J connectivity index is 1.41. The number of hydrogen-bond acceptors (Lipinski definition) is 4. The molecule has 2 aromatic rings. The lowest BCUT2D eigenvalue weighted by atomic mass is 10.0. The first-order chi connectivity index (χ1) is 13.7. The highest BCUT2D eigenvalue weighted by Crippen LogP contribution is 2.23. The van der Waals surface area contributed by atoms with E-state index in [1.54, 1.807) is 6.33 Å². The fourth-order valence-corrected chi connectivity index (χ4v) is 3.80. The van der Waals surface area contributed by atoms with Crippen molar-refractivity contribution >= 4 is 5.96 Å². The first-order valence-corrected chi connectivity index (χ1v) is 10.3. The average Bonchev–Trinajstić information content (AvgIpc) is 3.21. The van der Waals surface area contributed by atoms with Gasteiger partial charge in [0, 0.05) is 51.7 Å². The number of benzene rings is 1. The summed E-state index contributed by atoms with van der Waals surface area (Å²) < 4.78 is 2.09. The molecule has 1 unspecified atom stereocenters. The zero-order valence-electron chi connectivity index (χ0n) is 17.3. The molecule has 0 bridgehead atoms. The van der Waals surface area contributed by atoms with Crippen LogP contribution in [0.1, 0.15) is 44.1 Å². The molecule has 1 atom stereocenters. The lowest BCUT2D eigenvalue weighted by molar-refractivity contribution is 0.158. The van der Waals surface area contributed by atoms with Gasteiger partial charge < -0.3 is 15.2 Å². The topological polar surface area (TPSA) is 70.4 Å². The van der Waals surface area contributed by atoms with Gasteiger partial charge in [-0.3, -0.25) is 9.89 Å². The molecule has 1 aliphatic rings. The molecule has 0 spiro atoms. The standard InChI is InChI=1S/C21H33N7/c1-4-20-26-24-16-28(20)15-12-23-21(22-3)25-19-10-13-27(14-11-19)17(2)18-8-6-5-7-9-18/h5-9,16-17,19H,4,10-15H2,1-3H3,(H2,22,23,25). The van der Waals surface area contributed by atoms with E-state index in [2.05, 4.69) is 79.5 Å². The molecule has 0 radical (unpaired) electrons. The zero-order chi connectivity index (χ0) is 19.8. The fourth-order valence-electron chi connectivity index (χ4n) is 3.80. The zero-order valence-corrected chi connectivity index (χ0v) is 17.3. The van der Waals surface area contributed by atoms with Gasteiger partial charge in [0.15, 0.2) is 5.96 Å². The van der Waals surface area contributed by atoms with Crippen molar-refractivity contribution in [1.82, 2.24) is 30.3 Å². The maximum absolute atomic E-state index is 4.39. The molecule has 1 aromatic heterocycles. The van der Waals surface area contributed by atoms with Crippen LogP contribution in [0.4, 0.5) is 0 Å². The van der Waals surface area contributed by atoms with Crippen molar-refractivity contribution in [1.29, 1.82) is 0 Å². The minimum absolute atomic E-state index is 0.464. The third-order valence-corrected chi connectivity index (χ3v) is 5.58. The van der Waals surface area contributed by atoms with Crippen LogP contribution in [0, 0.1) is 0 Å². The number of nitrogens with one attached hydrogen (secondary N) is 2. The highest BCUT2D eigenvalue weighted by atomic mass is 15.3. The Morgan fingerprint density at radius 2 is 2.00 bits per heavy atom. The van der Waals surface area contributed by atoms with Crippen LogP contribution in [0.15, 0.2) is 41.7 Å². The maximum Gasteiger partial charge on any atom is 0.191 e. The lowest BCUT2D eigenvalue weighted by Crippen LogP contribution is -2.49. The lowest BCUT2D eigenvalue weighted by Gasteiger charge is -2.37. The monoisotopic (exact) mass is 383 g/mol. The van der Waals surface area contributed by atoms with Crippen LogP contribution in [0.25, 0.3) is 0 Å². The SMILES string of the molecule is CCc1nncn1CCNC(=NC)NC1CCN(C(C)c2ccccc2)CC1. The number of likely N-dealkylation sites (tertiary alicyclic amines) is 1. The van der Waals surface area contributed by atoms with E-state index in [4.69, 9.17) is 0 Å². The molecule has 0 aliphatic carbocycles. The molecule has 28 heavy (non-hydrogen) atoms. The summed E-state index contributed by atoms with van der Waals surface area (Å²) in [7, 11) is 1.83. The Kier molecular flexibility index (Phi) is 7.42. The molecule has 1 aliphatic heterocycles. The van der Waals surface area contributed by atoms with Gasteiger partial charge in [-0.25, -0.2) is 0 Å². The van der Waals surface area contributed by atoms with Gasteiger partial charge in [0.1, 0.15) is 12.2 Å². The first-order valence-electron chi connectivity index (χ1n) is 10.3. The molecule has 3 rings (SSSR count). The van der Waals surface area contributed by atoms with Crippen molar-refractivity contribution in [2.45, 2.75) is 51.7 Å². The smallest absolute Gasteiger partial charge is 0.191 e. The van der Waals surface area contributed by atoms with Crippen LogP contribution in [0.3, 0.4) is 0 Å². The second-order valence-corrected chi connectivity index (χ2v) is 7.33. The van der Waals surface area contributed by atoms with Crippen LogP contribution >= 0.6 is 0 Å². The summed E-state index contributed by atoms with van der Waals surface area (Å²) in [5.74, 6) is 1.89. The third-order valence-electron chi connectivity index (χ3n) is 5.58. The molecular weight excluding hydrogens is 350 g/mol. The Labute approximate surface area is 168 Å². The normalized spacial score (nSPS) is 17.5. The van der Waals surface area contributed by atoms with Crippen LogP contribution in [0.5, 0.6) is 0 Å². The predicted octanol–water partition coefficient (Wildman–Crippen LogP) is 2.23. The summed E-state index contributed by atoms with van der Waals surface area (Å²) in [6.45, 7) is 8.24. The van der Waals surface area contributed by atoms with Gasteiger partial charge in [-0.1, -0.05) is 37.3 Å². The summed E-state index contributed by atoms with van der Waals surface area (Å²) >= 11 is 0. The largest absolute Gasteiger partial charge is 0.355 e. The molecule has 152 valence electrons. The van der Waals surface area contributed by atoms with Gasteiger partial charge in [0.25, 0.3) is 0 Å². The molecule has 7 nitrogen and oxygen atoms in total. The highest BCUT2D eigenvalue weighted by Gasteiger charge is 2.23. The Morgan fingerprint density at radius 3 is 2.68 bits per heavy atom. The highest BCUT2D eigenvalue weighted by molar-refractivity contribution is 5.79. The van der Waals surface area contributed by atoms with Crippen molar-refractivity contribution in [3.05, 3.63) is 48.0 Å². The second kappa shape index (κ2) is 10.2. The molecule has 7 heteroatoms. The summed E-state index contributed by atoms with van der Waals surface area (Å²) in [4.78, 5) is 6.96. The number of piperidine rings is 1. The van der Waals surface area contributed by atoms with Gasteiger partial charge in [-0.15, -0.1) is 10.2 Å². The van der Waals surface area contributed by atoms with E-state index in [1.165, 1.54) is 5.56 Å². The Hall–Kier alpha value is -2.41. The quantitative estimate of drug-likeness (QED) is 0.567. The number of aryl methyl sites for hydroxylation is 1. The van der Waals surface area contributed by atoms with Crippen molar-refractivity contribution in [3.63, 3.8) is 0 Å². The minimum atomic E-state index is 0.464. The molecule has 2 N–H and O–H groups in total. The van der Waals surface area contributed by atoms with Crippen molar-refractivity contribution < 1.29 is 0 Å². The second-order valence-electron chi connectivity index (χ2n) is 7.33. The van der Waals surface area contributed by atoms with E-state index in [1.807, 2.05) is 7.05 Å². The number of rotatable bonds is 7. The minimum Gasteiger partial charge on any atom is -0.355 e. The van der Waals surface area contributed by atoms with Gasteiger partial charge in [0.05, 0.1) is 0 Å². The fraction of sp³-hybridized carbons (Fsp3) is 0.571. The summed E-state index contributed by atoms with van der Waals surface area (Å²) in [5, 5.41) is 15.1. The van der Waals surface area contributed by atoms with E-state index in [0.717, 1.165) is 57.2 Å². The Morgan fingerprint density at radius 1 is 1.25 bits per heavy atom. The molecule has 0 saturated carbocycles. The molecule has 1 aromatic carbocycles. The van der Waals surface area contributed by atoms with Crippen molar-refractivity contribution in [2.24, 2.45) is 4.99 Å². The van der Waals surface area contributed by atoms with E-state index in [-0.39, 0.29) is 0 Å². The van der Waals surface area contributed by atoms with Gasteiger partial charge >= 0.3 is 0 Å². The molecular formula is C21H33N7. The van der Waals surface area contributed by atoms with Crippen LogP contribution in [0.2, 0.25) is 0 Å². The van der Waals surface area contributed by atoms with Gasteiger partial charge in [-0.05, 0) is 25.3 Å². The van der Waals surface area contributed by atoms with Crippen LogP contribution in [-0.2, 0) is 13.0 Å². The molecule has 1 fully saturated rings. The number of aliphatic imine (C=N–C) groups is 1. The van der Waals surface area contributed by atoms with Crippen LogP contribution < -0.4 is 10.6 Å². The Bertz CT molecular complexity index is 732. The number of aromatic nitrogens is 3.